The van der Waals surface area contributed by atoms with Crippen molar-refractivity contribution in [2.45, 2.75) is 31.8 Å². The van der Waals surface area contributed by atoms with Crippen molar-refractivity contribution < 1.29 is 4.79 Å². The highest BCUT2D eigenvalue weighted by Gasteiger charge is 2.24. The van der Waals surface area contributed by atoms with Crippen molar-refractivity contribution in [1.29, 1.82) is 0 Å². The first kappa shape index (κ1) is 22.4. The molecular weight excluding hydrogens is 418 g/mol. The van der Waals surface area contributed by atoms with E-state index in [2.05, 4.69) is 5.32 Å². The van der Waals surface area contributed by atoms with Gasteiger partial charge in [-0.1, -0.05) is 60.7 Å². The SMILES string of the molecule is Cn1c(N)c(N2CCCCC2)c(=O)n(CC(=O)NC(c2ccccc2)c2ccccc2)c1=O. The highest BCUT2D eigenvalue weighted by molar-refractivity contribution is 5.77. The summed E-state index contributed by atoms with van der Waals surface area (Å²) in [5, 5.41) is 2.99. The lowest BCUT2D eigenvalue weighted by atomic mass is 9.99. The molecule has 0 aliphatic carbocycles. The molecule has 2 aromatic carbocycles. The molecule has 0 spiro atoms. The standard InChI is InChI=1S/C25H29N5O3/c1-28-23(26)22(29-15-9-4-10-16-29)24(32)30(25(28)33)17-20(31)27-21(18-11-5-2-6-12-18)19-13-7-3-8-14-19/h2-3,5-8,11-14,21H,4,9-10,15-17,26H2,1H3,(H,27,31). The Morgan fingerprint density at radius 1 is 0.939 bits per heavy atom. The van der Waals surface area contributed by atoms with E-state index in [0.29, 0.717) is 18.8 Å². The molecule has 0 unspecified atom stereocenters. The lowest BCUT2D eigenvalue weighted by molar-refractivity contribution is -0.122. The number of amides is 1. The monoisotopic (exact) mass is 447 g/mol. The van der Waals surface area contributed by atoms with Crippen LogP contribution >= 0.6 is 0 Å². The second-order valence-corrected chi connectivity index (χ2v) is 8.34. The largest absolute Gasteiger partial charge is 0.383 e. The van der Waals surface area contributed by atoms with Crippen LogP contribution in [0.5, 0.6) is 0 Å². The summed E-state index contributed by atoms with van der Waals surface area (Å²) in [6.45, 7) is 1.02. The zero-order valence-corrected chi connectivity index (χ0v) is 18.7. The molecule has 172 valence electrons. The molecule has 1 aromatic heterocycles. The van der Waals surface area contributed by atoms with Gasteiger partial charge >= 0.3 is 5.69 Å². The highest BCUT2D eigenvalue weighted by atomic mass is 16.2. The van der Waals surface area contributed by atoms with Gasteiger partial charge in [0.25, 0.3) is 5.56 Å². The minimum absolute atomic E-state index is 0.134. The van der Waals surface area contributed by atoms with Crippen LogP contribution in [-0.2, 0) is 18.4 Å². The van der Waals surface area contributed by atoms with Gasteiger partial charge in [0.2, 0.25) is 5.91 Å². The van der Waals surface area contributed by atoms with E-state index in [9.17, 15) is 14.4 Å². The minimum Gasteiger partial charge on any atom is -0.383 e. The highest BCUT2D eigenvalue weighted by Crippen LogP contribution is 2.22. The number of hydrogen-bond acceptors (Lipinski definition) is 5. The van der Waals surface area contributed by atoms with Gasteiger partial charge in [-0.3, -0.25) is 14.2 Å². The second-order valence-electron chi connectivity index (χ2n) is 8.34. The molecule has 8 nitrogen and oxygen atoms in total. The fourth-order valence-corrected chi connectivity index (χ4v) is 4.32. The first-order valence-corrected chi connectivity index (χ1v) is 11.2. The molecule has 1 amide bonds. The lowest BCUT2D eigenvalue weighted by Crippen LogP contribution is -2.47. The maximum Gasteiger partial charge on any atom is 0.332 e. The van der Waals surface area contributed by atoms with Crippen molar-refractivity contribution in [3.63, 3.8) is 0 Å². The topological polar surface area (TPSA) is 102 Å². The summed E-state index contributed by atoms with van der Waals surface area (Å²) < 4.78 is 2.22. The van der Waals surface area contributed by atoms with Crippen LogP contribution in [0.3, 0.4) is 0 Å². The Hall–Kier alpha value is -3.81. The molecule has 3 N–H and O–H groups in total. The van der Waals surface area contributed by atoms with Crippen LogP contribution in [0.25, 0.3) is 0 Å². The predicted octanol–water partition coefficient (Wildman–Crippen LogP) is 2.03. The van der Waals surface area contributed by atoms with Crippen LogP contribution in [0.15, 0.2) is 70.3 Å². The van der Waals surface area contributed by atoms with E-state index in [1.165, 1.54) is 11.6 Å². The Bertz CT molecular complexity index is 1190. The van der Waals surface area contributed by atoms with Crippen molar-refractivity contribution in [3.05, 3.63) is 92.6 Å². The van der Waals surface area contributed by atoms with E-state index in [1.54, 1.807) is 0 Å². The van der Waals surface area contributed by atoms with Crippen molar-refractivity contribution >= 4 is 17.4 Å². The number of rotatable bonds is 6. The summed E-state index contributed by atoms with van der Waals surface area (Å²) in [7, 11) is 1.52. The Labute approximate surface area is 192 Å². The summed E-state index contributed by atoms with van der Waals surface area (Å²) in [5.41, 5.74) is 7.13. The van der Waals surface area contributed by atoms with Crippen molar-refractivity contribution in [2.24, 2.45) is 7.05 Å². The van der Waals surface area contributed by atoms with Gasteiger partial charge in [-0.05, 0) is 30.4 Å². The van der Waals surface area contributed by atoms with E-state index < -0.39 is 23.2 Å². The Morgan fingerprint density at radius 2 is 1.48 bits per heavy atom. The van der Waals surface area contributed by atoms with Crippen LogP contribution < -0.4 is 27.2 Å². The third-order valence-corrected chi connectivity index (χ3v) is 6.11. The summed E-state index contributed by atoms with van der Waals surface area (Å²) in [6, 6.07) is 18.8. The van der Waals surface area contributed by atoms with Gasteiger partial charge in [-0.2, -0.15) is 0 Å². The van der Waals surface area contributed by atoms with Gasteiger partial charge < -0.3 is 16.0 Å². The molecule has 0 radical (unpaired) electrons. The molecule has 33 heavy (non-hydrogen) atoms. The molecule has 1 aliphatic heterocycles. The van der Waals surface area contributed by atoms with Gasteiger partial charge in [0.05, 0.1) is 6.04 Å². The smallest absolute Gasteiger partial charge is 0.332 e. The van der Waals surface area contributed by atoms with Gasteiger partial charge in [0.15, 0.2) is 0 Å². The average Bonchev–Trinajstić information content (AvgIpc) is 2.86. The molecule has 0 saturated carbocycles. The number of nitrogens with one attached hydrogen (secondary N) is 1. The van der Waals surface area contributed by atoms with E-state index >= 15 is 0 Å². The van der Waals surface area contributed by atoms with Crippen LogP contribution in [-0.4, -0.2) is 28.1 Å². The summed E-state index contributed by atoms with van der Waals surface area (Å²) in [6.07, 6.45) is 3.01. The van der Waals surface area contributed by atoms with Gasteiger partial charge in [0.1, 0.15) is 18.1 Å². The van der Waals surface area contributed by atoms with Gasteiger partial charge in [-0.15, -0.1) is 0 Å². The Morgan fingerprint density at radius 3 is 2.03 bits per heavy atom. The third-order valence-electron chi connectivity index (χ3n) is 6.11. The molecule has 0 bridgehead atoms. The van der Waals surface area contributed by atoms with Crippen LogP contribution in [0.4, 0.5) is 11.5 Å². The molecule has 1 saturated heterocycles. The number of anilines is 2. The fraction of sp³-hybridized carbons (Fsp3) is 0.320. The number of piperidine rings is 1. The van der Waals surface area contributed by atoms with E-state index in [1.807, 2.05) is 65.6 Å². The van der Waals surface area contributed by atoms with Crippen LogP contribution in [0.1, 0.15) is 36.4 Å². The molecule has 1 fully saturated rings. The molecule has 0 atom stereocenters. The molecule has 8 heteroatoms. The average molecular weight is 448 g/mol. The zero-order valence-electron chi connectivity index (χ0n) is 18.7. The number of hydrogen-bond donors (Lipinski definition) is 2. The van der Waals surface area contributed by atoms with Crippen LogP contribution in [0.2, 0.25) is 0 Å². The maximum atomic E-state index is 13.3. The number of nitrogens with zero attached hydrogens (tertiary/aromatic N) is 3. The quantitative estimate of drug-likeness (QED) is 0.602. The van der Waals surface area contributed by atoms with E-state index in [0.717, 1.165) is 35.0 Å². The normalized spacial score (nSPS) is 13.8. The molecule has 4 rings (SSSR count). The number of nitrogen functional groups attached to an aromatic ring is 1. The van der Waals surface area contributed by atoms with Crippen molar-refractivity contribution in [3.8, 4) is 0 Å². The number of nitrogens with two attached hydrogens (primary N) is 1. The first-order valence-electron chi connectivity index (χ1n) is 11.2. The lowest BCUT2D eigenvalue weighted by Gasteiger charge is -2.30. The minimum atomic E-state index is -0.607. The second kappa shape index (κ2) is 9.77. The van der Waals surface area contributed by atoms with Crippen molar-refractivity contribution in [1.82, 2.24) is 14.5 Å². The molecule has 1 aliphatic rings. The van der Waals surface area contributed by atoms with E-state index in [-0.39, 0.29) is 12.4 Å². The molecule has 2 heterocycles. The number of benzene rings is 2. The van der Waals surface area contributed by atoms with E-state index in [4.69, 9.17) is 5.73 Å². The van der Waals surface area contributed by atoms with Gasteiger partial charge in [0, 0.05) is 20.1 Å². The molecular formula is C25H29N5O3. The van der Waals surface area contributed by atoms with Gasteiger partial charge in [-0.25, -0.2) is 9.36 Å². The Balaban J connectivity index is 1.65. The first-order chi connectivity index (χ1) is 16.0. The maximum absolute atomic E-state index is 13.3. The van der Waals surface area contributed by atoms with Crippen LogP contribution in [0, 0.1) is 0 Å². The number of aromatic nitrogens is 2. The third kappa shape index (κ3) is 4.69. The Kier molecular flexibility index (Phi) is 6.63. The number of carbonyl (C=O) groups is 1. The molecule has 3 aromatic rings. The summed E-state index contributed by atoms with van der Waals surface area (Å²) in [5.74, 6) is -0.295. The number of carbonyl (C=O) groups excluding carboxylic acids is 1. The summed E-state index contributed by atoms with van der Waals surface area (Å²) in [4.78, 5) is 41.1. The zero-order chi connectivity index (χ0) is 23.4. The summed E-state index contributed by atoms with van der Waals surface area (Å²) >= 11 is 0. The fourth-order valence-electron chi connectivity index (χ4n) is 4.32. The predicted molar refractivity (Wildman–Crippen MR) is 129 cm³/mol. The van der Waals surface area contributed by atoms with Crippen molar-refractivity contribution in [2.75, 3.05) is 23.7 Å².